The molecule has 1 aromatic rings. The molecule has 3 heteroatoms. The van der Waals surface area contributed by atoms with Gasteiger partial charge >= 0.3 is 0 Å². The van der Waals surface area contributed by atoms with Crippen molar-refractivity contribution in [2.45, 2.75) is 33.1 Å². The second-order valence-corrected chi connectivity index (χ2v) is 6.23. The molecular formula is C15H20N2O. The smallest absolute Gasteiger partial charge is 0.230 e. The molecule has 1 aliphatic heterocycles. The van der Waals surface area contributed by atoms with Crippen LogP contribution in [0.25, 0.3) is 0 Å². The maximum absolute atomic E-state index is 12.5. The lowest BCUT2D eigenvalue weighted by Crippen LogP contribution is -2.37. The van der Waals surface area contributed by atoms with E-state index < -0.39 is 0 Å². The Kier molecular flexibility index (Phi) is 2.40. The van der Waals surface area contributed by atoms with Crippen molar-refractivity contribution < 1.29 is 4.79 Å². The Balaban J connectivity index is 1.90. The summed E-state index contributed by atoms with van der Waals surface area (Å²) in [5.74, 6) is 0.506. The van der Waals surface area contributed by atoms with E-state index in [9.17, 15) is 4.79 Å². The number of fused-ring (bicyclic) bond motifs is 1. The summed E-state index contributed by atoms with van der Waals surface area (Å²) in [6.07, 6.45) is 3.08. The number of carbonyl (C=O) groups is 1. The minimum atomic E-state index is 0.197. The number of carbonyl (C=O) groups excluding carboxylic acids is 1. The Labute approximate surface area is 108 Å². The molecule has 1 fully saturated rings. The van der Waals surface area contributed by atoms with Gasteiger partial charge < -0.3 is 10.6 Å². The lowest BCUT2D eigenvalue weighted by Gasteiger charge is -2.30. The van der Waals surface area contributed by atoms with Gasteiger partial charge in [-0.1, -0.05) is 13.8 Å². The molecule has 1 atom stereocenters. The normalized spacial score (nSPS) is 24.6. The Morgan fingerprint density at radius 3 is 2.83 bits per heavy atom. The van der Waals surface area contributed by atoms with Gasteiger partial charge in [0.2, 0.25) is 5.91 Å². The molecule has 1 heterocycles. The molecule has 1 unspecified atom stereocenters. The third kappa shape index (κ3) is 1.78. The molecule has 0 radical (unpaired) electrons. The number of benzene rings is 1. The zero-order valence-electron chi connectivity index (χ0n) is 11.1. The fraction of sp³-hybridized carbons (Fsp3) is 0.533. The largest absolute Gasteiger partial charge is 0.399 e. The van der Waals surface area contributed by atoms with Crippen LogP contribution in [0.3, 0.4) is 0 Å². The van der Waals surface area contributed by atoms with Crippen LogP contribution < -0.4 is 10.6 Å². The number of nitrogens with zero attached hydrogens (tertiary/aromatic N) is 1. The number of hydrogen-bond acceptors (Lipinski definition) is 2. The van der Waals surface area contributed by atoms with Gasteiger partial charge in [0, 0.05) is 23.8 Å². The fourth-order valence-electron chi connectivity index (χ4n) is 2.92. The van der Waals surface area contributed by atoms with Gasteiger partial charge in [-0.3, -0.25) is 4.79 Å². The van der Waals surface area contributed by atoms with Crippen LogP contribution in [0.2, 0.25) is 0 Å². The molecule has 2 N–H and O–H groups in total. The van der Waals surface area contributed by atoms with E-state index in [4.69, 9.17) is 5.73 Å². The van der Waals surface area contributed by atoms with Gasteiger partial charge in [-0.2, -0.15) is 0 Å². The van der Waals surface area contributed by atoms with Crippen molar-refractivity contribution in [1.29, 1.82) is 0 Å². The SMILES string of the molecule is CC1(C)CC1C(=O)N1CCCc2cc(N)ccc21. The molecule has 2 aliphatic rings. The summed E-state index contributed by atoms with van der Waals surface area (Å²) in [7, 11) is 0. The Bertz CT molecular complexity index is 507. The topological polar surface area (TPSA) is 46.3 Å². The maximum Gasteiger partial charge on any atom is 0.230 e. The molecule has 96 valence electrons. The highest BCUT2D eigenvalue weighted by molar-refractivity contribution is 5.98. The summed E-state index contributed by atoms with van der Waals surface area (Å²) >= 11 is 0. The molecular weight excluding hydrogens is 224 g/mol. The average Bonchev–Trinajstić information content (AvgIpc) is 2.96. The minimum absolute atomic E-state index is 0.197. The molecule has 1 saturated carbocycles. The van der Waals surface area contributed by atoms with Crippen molar-refractivity contribution in [3.8, 4) is 0 Å². The molecule has 0 aromatic heterocycles. The Morgan fingerprint density at radius 2 is 2.17 bits per heavy atom. The maximum atomic E-state index is 12.5. The molecule has 18 heavy (non-hydrogen) atoms. The summed E-state index contributed by atoms with van der Waals surface area (Å²) < 4.78 is 0. The number of nitrogen functional groups attached to an aromatic ring is 1. The first-order chi connectivity index (χ1) is 8.49. The van der Waals surface area contributed by atoms with E-state index in [-0.39, 0.29) is 11.3 Å². The van der Waals surface area contributed by atoms with E-state index in [1.165, 1.54) is 5.56 Å². The van der Waals surface area contributed by atoms with Gasteiger partial charge in [0.1, 0.15) is 0 Å². The zero-order chi connectivity index (χ0) is 12.9. The van der Waals surface area contributed by atoms with Crippen LogP contribution in [-0.2, 0) is 11.2 Å². The van der Waals surface area contributed by atoms with Crippen LogP contribution in [-0.4, -0.2) is 12.5 Å². The highest BCUT2D eigenvalue weighted by Crippen LogP contribution is 2.53. The van der Waals surface area contributed by atoms with Gasteiger partial charge in [0.05, 0.1) is 0 Å². The lowest BCUT2D eigenvalue weighted by molar-refractivity contribution is -0.120. The third-order valence-electron chi connectivity index (χ3n) is 4.30. The second-order valence-electron chi connectivity index (χ2n) is 6.23. The van der Waals surface area contributed by atoms with E-state index in [0.29, 0.717) is 5.91 Å². The minimum Gasteiger partial charge on any atom is -0.399 e. The van der Waals surface area contributed by atoms with Crippen molar-refractivity contribution >= 4 is 17.3 Å². The van der Waals surface area contributed by atoms with Crippen molar-refractivity contribution in [1.82, 2.24) is 0 Å². The van der Waals surface area contributed by atoms with E-state index in [0.717, 1.165) is 37.2 Å². The van der Waals surface area contributed by atoms with Gasteiger partial charge in [0.25, 0.3) is 0 Å². The predicted molar refractivity (Wildman–Crippen MR) is 73.4 cm³/mol. The first kappa shape index (κ1) is 11.6. The summed E-state index contributed by atoms with van der Waals surface area (Å²) in [6.45, 7) is 5.19. The van der Waals surface area contributed by atoms with Crippen LogP contribution >= 0.6 is 0 Å². The lowest BCUT2D eigenvalue weighted by atomic mass is 9.99. The number of amides is 1. The monoisotopic (exact) mass is 244 g/mol. The van der Waals surface area contributed by atoms with Gasteiger partial charge in [-0.05, 0) is 48.4 Å². The van der Waals surface area contributed by atoms with Crippen molar-refractivity contribution in [3.63, 3.8) is 0 Å². The molecule has 0 spiro atoms. The van der Waals surface area contributed by atoms with Crippen LogP contribution in [0.15, 0.2) is 18.2 Å². The predicted octanol–water partition coefficient (Wildman–Crippen LogP) is 2.59. The molecule has 1 amide bonds. The Morgan fingerprint density at radius 1 is 1.44 bits per heavy atom. The van der Waals surface area contributed by atoms with Crippen molar-refractivity contribution in [3.05, 3.63) is 23.8 Å². The average molecular weight is 244 g/mol. The standard InChI is InChI=1S/C15H20N2O/c1-15(2)9-12(15)14(18)17-7-3-4-10-8-11(16)5-6-13(10)17/h5-6,8,12H,3-4,7,9,16H2,1-2H3. The highest BCUT2D eigenvalue weighted by atomic mass is 16.2. The van der Waals surface area contributed by atoms with E-state index >= 15 is 0 Å². The number of aryl methyl sites for hydroxylation is 1. The quantitative estimate of drug-likeness (QED) is 0.772. The van der Waals surface area contributed by atoms with Crippen LogP contribution in [0.5, 0.6) is 0 Å². The zero-order valence-corrected chi connectivity index (χ0v) is 11.1. The summed E-state index contributed by atoms with van der Waals surface area (Å²) in [6, 6.07) is 5.90. The number of anilines is 2. The molecule has 3 rings (SSSR count). The van der Waals surface area contributed by atoms with E-state index in [2.05, 4.69) is 13.8 Å². The third-order valence-corrected chi connectivity index (χ3v) is 4.30. The summed E-state index contributed by atoms with van der Waals surface area (Å²) in [5.41, 5.74) is 9.09. The van der Waals surface area contributed by atoms with E-state index in [1.807, 2.05) is 23.1 Å². The molecule has 3 nitrogen and oxygen atoms in total. The molecule has 1 aromatic carbocycles. The van der Waals surface area contributed by atoms with Gasteiger partial charge in [-0.15, -0.1) is 0 Å². The number of rotatable bonds is 1. The van der Waals surface area contributed by atoms with Crippen molar-refractivity contribution in [2.24, 2.45) is 11.3 Å². The van der Waals surface area contributed by atoms with Crippen LogP contribution in [0, 0.1) is 11.3 Å². The summed E-state index contributed by atoms with van der Waals surface area (Å²) in [5, 5.41) is 0. The number of nitrogens with two attached hydrogens (primary N) is 1. The number of hydrogen-bond donors (Lipinski definition) is 1. The second kappa shape index (κ2) is 3.74. The van der Waals surface area contributed by atoms with Crippen LogP contribution in [0.4, 0.5) is 11.4 Å². The molecule has 1 aliphatic carbocycles. The van der Waals surface area contributed by atoms with Crippen LogP contribution in [0.1, 0.15) is 32.3 Å². The summed E-state index contributed by atoms with van der Waals surface area (Å²) in [4.78, 5) is 14.5. The molecule has 0 saturated heterocycles. The fourth-order valence-corrected chi connectivity index (χ4v) is 2.92. The molecule has 0 bridgehead atoms. The van der Waals surface area contributed by atoms with Gasteiger partial charge in [0.15, 0.2) is 0 Å². The van der Waals surface area contributed by atoms with Gasteiger partial charge in [-0.25, -0.2) is 0 Å². The Hall–Kier alpha value is -1.51. The highest BCUT2D eigenvalue weighted by Gasteiger charge is 2.52. The van der Waals surface area contributed by atoms with Crippen molar-refractivity contribution in [2.75, 3.05) is 17.2 Å². The first-order valence-electron chi connectivity index (χ1n) is 6.69. The van der Waals surface area contributed by atoms with E-state index in [1.54, 1.807) is 0 Å². The first-order valence-corrected chi connectivity index (χ1v) is 6.69.